The van der Waals surface area contributed by atoms with Crippen LogP contribution in [0.3, 0.4) is 0 Å². The standard InChI is InChI=1S/C12H13F2N3O/c1-3-12(13,14)11(18)15-9-4-5-10-8(6-9)7-17(2)16-10/h4-7H,3H2,1-2H3,(H,15,18). The first-order valence-electron chi connectivity index (χ1n) is 5.55. The van der Waals surface area contributed by atoms with Gasteiger partial charge in [0.05, 0.1) is 5.52 Å². The second-order valence-corrected chi connectivity index (χ2v) is 4.09. The summed E-state index contributed by atoms with van der Waals surface area (Å²) in [4.78, 5) is 11.3. The summed E-state index contributed by atoms with van der Waals surface area (Å²) >= 11 is 0. The number of carbonyl (C=O) groups is 1. The summed E-state index contributed by atoms with van der Waals surface area (Å²) in [6.45, 7) is 1.27. The molecule has 0 saturated heterocycles. The smallest absolute Gasteiger partial charge is 0.321 e. The van der Waals surface area contributed by atoms with Gasteiger partial charge in [-0.25, -0.2) is 0 Å². The highest BCUT2D eigenvalue weighted by Gasteiger charge is 2.36. The molecule has 0 spiro atoms. The fraction of sp³-hybridized carbons (Fsp3) is 0.333. The molecule has 0 unspecified atom stereocenters. The minimum atomic E-state index is -3.34. The Balaban J connectivity index is 2.24. The van der Waals surface area contributed by atoms with Crippen LogP contribution in [0.15, 0.2) is 24.4 Å². The van der Waals surface area contributed by atoms with E-state index in [1.54, 1.807) is 36.1 Å². The maximum absolute atomic E-state index is 13.1. The molecule has 0 bridgehead atoms. The average molecular weight is 253 g/mol. The van der Waals surface area contributed by atoms with Crippen molar-refractivity contribution in [3.63, 3.8) is 0 Å². The predicted molar refractivity (Wildman–Crippen MR) is 64.6 cm³/mol. The van der Waals surface area contributed by atoms with Gasteiger partial charge >= 0.3 is 5.92 Å². The summed E-state index contributed by atoms with van der Waals surface area (Å²) in [5, 5.41) is 7.15. The van der Waals surface area contributed by atoms with Crippen LogP contribution in [0.2, 0.25) is 0 Å². The third-order valence-electron chi connectivity index (χ3n) is 2.65. The Bertz CT molecular complexity index is 592. The van der Waals surface area contributed by atoms with Crippen LogP contribution in [0.1, 0.15) is 13.3 Å². The summed E-state index contributed by atoms with van der Waals surface area (Å²) in [5.41, 5.74) is 1.09. The van der Waals surface area contributed by atoms with E-state index in [9.17, 15) is 13.6 Å². The first-order chi connectivity index (χ1) is 8.42. The molecule has 6 heteroatoms. The summed E-state index contributed by atoms with van der Waals surface area (Å²) in [6, 6.07) is 4.85. The molecule has 1 heterocycles. The van der Waals surface area contributed by atoms with Crippen molar-refractivity contribution in [2.45, 2.75) is 19.3 Å². The Hall–Kier alpha value is -1.98. The van der Waals surface area contributed by atoms with Gasteiger partial charge in [-0.2, -0.15) is 13.9 Å². The first kappa shape index (κ1) is 12.5. The van der Waals surface area contributed by atoms with Gasteiger partial charge in [-0.15, -0.1) is 0 Å². The Morgan fingerprint density at radius 3 is 2.89 bits per heavy atom. The highest BCUT2D eigenvalue weighted by atomic mass is 19.3. The minimum absolute atomic E-state index is 0.341. The number of anilines is 1. The quantitative estimate of drug-likeness (QED) is 0.913. The monoisotopic (exact) mass is 253 g/mol. The van der Waals surface area contributed by atoms with Gasteiger partial charge in [-0.05, 0) is 18.2 Å². The van der Waals surface area contributed by atoms with Crippen LogP contribution in [0, 0.1) is 0 Å². The number of alkyl halides is 2. The van der Waals surface area contributed by atoms with E-state index < -0.39 is 18.3 Å². The molecule has 0 aliphatic rings. The molecule has 0 aliphatic heterocycles. The van der Waals surface area contributed by atoms with E-state index in [0.29, 0.717) is 5.69 Å². The second kappa shape index (κ2) is 4.36. The number of amides is 1. The number of fused-ring (bicyclic) bond motifs is 1. The third kappa shape index (κ3) is 2.32. The average Bonchev–Trinajstić information content (AvgIpc) is 2.68. The molecule has 1 aromatic carbocycles. The fourth-order valence-electron chi connectivity index (χ4n) is 1.61. The molecule has 2 aromatic rings. The van der Waals surface area contributed by atoms with Crippen molar-refractivity contribution in [3.05, 3.63) is 24.4 Å². The van der Waals surface area contributed by atoms with Gasteiger partial charge < -0.3 is 5.32 Å². The van der Waals surface area contributed by atoms with Gasteiger partial charge in [-0.1, -0.05) is 6.92 Å². The van der Waals surface area contributed by atoms with Crippen LogP contribution >= 0.6 is 0 Å². The van der Waals surface area contributed by atoms with Crippen molar-refractivity contribution in [2.75, 3.05) is 5.32 Å². The highest BCUT2D eigenvalue weighted by molar-refractivity contribution is 5.97. The number of carbonyl (C=O) groups excluding carboxylic acids is 1. The summed E-state index contributed by atoms with van der Waals surface area (Å²) in [5.74, 6) is -4.63. The van der Waals surface area contributed by atoms with Crippen molar-refractivity contribution in [1.82, 2.24) is 9.78 Å². The number of benzene rings is 1. The van der Waals surface area contributed by atoms with Crippen molar-refractivity contribution in [2.24, 2.45) is 7.05 Å². The molecule has 0 aliphatic carbocycles. The number of nitrogens with zero attached hydrogens (tertiary/aromatic N) is 2. The largest absolute Gasteiger partial charge is 0.324 e. The van der Waals surface area contributed by atoms with Crippen LogP contribution in [0.4, 0.5) is 14.5 Å². The van der Waals surface area contributed by atoms with Crippen LogP contribution in [-0.2, 0) is 11.8 Å². The summed E-state index contributed by atoms with van der Waals surface area (Å²) in [6.07, 6.45) is 1.23. The van der Waals surface area contributed by atoms with Gasteiger partial charge in [0.15, 0.2) is 0 Å². The highest BCUT2D eigenvalue weighted by Crippen LogP contribution is 2.22. The number of aryl methyl sites for hydroxylation is 1. The molecule has 0 saturated carbocycles. The molecule has 96 valence electrons. The first-order valence-corrected chi connectivity index (χ1v) is 5.55. The van der Waals surface area contributed by atoms with Crippen LogP contribution in [-0.4, -0.2) is 21.6 Å². The third-order valence-corrected chi connectivity index (χ3v) is 2.65. The maximum atomic E-state index is 13.1. The molecular formula is C12H13F2N3O. The van der Waals surface area contributed by atoms with E-state index >= 15 is 0 Å². The lowest BCUT2D eigenvalue weighted by atomic mass is 10.2. The number of rotatable bonds is 3. The van der Waals surface area contributed by atoms with Crippen molar-refractivity contribution in [3.8, 4) is 0 Å². The van der Waals surface area contributed by atoms with E-state index in [4.69, 9.17) is 0 Å². The van der Waals surface area contributed by atoms with E-state index in [-0.39, 0.29) is 0 Å². The zero-order valence-corrected chi connectivity index (χ0v) is 10.1. The van der Waals surface area contributed by atoms with Crippen molar-refractivity contribution < 1.29 is 13.6 Å². The number of hydrogen-bond acceptors (Lipinski definition) is 2. The molecule has 2 rings (SSSR count). The van der Waals surface area contributed by atoms with E-state index in [1.165, 1.54) is 6.92 Å². The number of halogens is 2. The Kier molecular flexibility index (Phi) is 3.02. The Morgan fingerprint density at radius 1 is 1.50 bits per heavy atom. The van der Waals surface area contributed by atoms with Crippen LogP contribution in [0.5, 0.6) is 0 Å². The molecule has 1 N–H and O–H groups in total. The Morgan fingerprint density at radius 2 is 2.22 bits per heavy atom. The van der Waals surface area contributed by atoms with E-state index in [2.05, 4.69) is 10.4 Å². The number of aromatic nitrogens is 2. The van der Waals surface area contributed by atoms with Gasteiger partial charge in [0, 0.05) is 30.7 Å². The second-order valence-electron chi connectivity index (χ2n) is 4.09. The van der Waals surface area contributed by atoms with Gasteiger partial charge in [0.2, 0.25) is 0 Å². The fourth-order valence-corrected chi connectivity index (χ4v) is 1.61. The van der Waals surface area contributed by atoms with E-state index in [1.807, 2.05) is 0 Å². The van der Waals surface area contributed by atoms with E-state index in [0.717, 1.165) is 10.9 Å². The molecule has 1 amide bonds. The molecule has 0 atom stereocenters. The van der Waals surface area contributed by atoms with Crippen LogP contribution < -0.4 is 5.32 Å². The molecular weight excluding hydrogens is 240 g/mol. The number of hydrogen-bond donors (Lipinski definition) is 1. The lowest BCUT2D eigenvalue weighted by Gasteiger charge is -2.13. The normalized spacial score (nSPS) is 11.8. The minimum Gasteiger partial charge on any atom is -0.321 e. The van der Waals surface area contributed by atoms with Crippen molar-refractivity contribution >= 4 is 22.5 Å². The summed E-state index contributed by atoms with van der Waals surface area (Å²) in [7, 11) is 1.77. The van der Waals surface area contributed by atoms with Gasteiger partial charge in [0.25, 0.3) is 5.91 Å². The molecule has 18 heavy (non-hydrogen) atoms. The lowest BCUT2D eigenvalue weighted by molar-refractivity contribution is -0.139. The molecule has 0 radical (unpaired) electrons. The van der Waals surface area contributed by atoms with Crippen molar-refractivity contribution in [1.29, 1.82) is 0 Å². The van der Waals surface area contributed by atoms with Gasteiger partial charge in [0.1, 0.15) is 0 Å². The molecule has 1 aromatic heterocycles. The molecule has 4 nitrogen and oxygen atoms in total. The van der Waals surface area contributed by atoms with Crippen LogP contribution in [0.25, 0.3) is 10.9 Å². The topological polar surface area (TPSA) is 46.9 Å². The van der Waals surface area contributed by atoms with Gasteiger partial charge in [-0.3, -0.25) is 9.48 Å². The lowest BCUT2D eigenvalue weighted by Crippen LogP contribution is -2.33. The zero-order chi connectivity index (χ0) is 13.3. The summed E-state index contributed by atoms with van der Waals surface area (Å²) < 4.78 is 27.9. The zero-order valence-electron chi connectivity index (χ0n) is 10.1. The predicted octanol–water partition coefficient (Wildman–Crippen LogP) is 2.56. The maximum Gasteiger partial charge on any atom is 0.324 e. The Labute approximate surface area is 103 Å². The number of nitrogens with one attached hydrogen (secondary N) is 1. The SMILES string of the molecule is CCC(F)(F)C(=O)Nc1ccc2nn(C)cc2c1. The molecule has 0 fully saturated rings.